The van der Waals surface area contributed by atoms with E-state index in [4.69, 9.17) is 4.42 Å². The van der Waals surface area contributed by atoms with Crippen LogP contribution >= 0.6 is 0 Å². The van der Waals surface area contributed by atoms with Crippen LogP contribution in [0.5, 0.6) is 0 Å². The van der Waals surface area contributed by atoms with E-state index in [1.165, 1.54) is 55.6 Å². The van der Waals surface area contributed by atoms with Crippen molar-refractivity contribution in [1.82, 2.24) is 0 Å². The Bertz CT molecular complexity index is 3050. The maximum Gasteiger partial charge on any atom is 0.136 e. The highest BCUT2D eigenvalue weighted by Crippen LogP contribution is 2.63. The maximum absolute atomic E-state index is 6.47. The lowest BCUT2D eigenvalue weighted by atomic mass is 9.70. The molecular formula is C57H47NO. The first kappa shape index (κ1) is 35.5. The van der Waals surface area contributed by atoms with Crippen LogP contribution in [0.4, 0.5) is 17.1 Å². The number of para-hydroxylation sites is 2. The average molecular weight is 762 g/mol. The highest BCUT2D eigenvalue weighted by molar-refractivity contribution is 6.14. The Hall–Kier alpha value is -6.64. The highest BCUT2D eigenvalue weighted by atomic mass is 16.3. The molecule has 1 spiro atoms. The standard InChI is InChI=1S/C57H47NO/c1-55(2,3)36-32-37(56(4,5)6)34-39(33-36)58(51-27-15-10-21-44(51)45-23-17-29-53-54(45)46-22-11-16-28-52(46)59-53)38-30-31-43-42-20-9-14-26-49(42)57(50(43)35-38)47-24-12-7-18-40(47)41-19-8-13-25-48(41)57/h7-35H,1-6H3. The molecule has 0 atom stereocenters. The van der Waals surface area contributed by atoms with Crippen LogP contribution in [0.1, 0.15) is 74.9 Å². The molecule has 0 amide bonds. The zero-order valence-corrected chi connectivity index (χ0v) is 34.6. The second-order valence-electron chi connectivity index (χ2n) is 18.5. The number of nitrogens with zero attached hydrogens (tertiary/aromatic N) is 1. The van der Waals surface area contributed by atoms with Crippen molar-refractivity contribution in [2.75, 3.05) is 4.90 Å². The third-order valence-corrected chi connectivity index (χ3v) is 13.0. The van der Waals surface area contributed by atoms with Crippen molar-refractivity contribution in [1.29, 1.82) is 0 Å². The molecule has 1 heterocycles. The van der Waals surface area contributed by atoms with E-state index in [9.17, 15) is 0 Å². The SMILES string of the molecule is CC(C)(C)c1cc(N(c2ccc3c(c2)C2(c4ccccc4-c4ccccc42)c2ccccc2-3)c2ccccc2-c2cccc3oc4ccccc4c23)cc(C(C)(C)C)c1. The fourth-order valence-corrected chi connectivity index (χ4v) is 10.2. The first-order chi connectivity index (χ1) is 28.5. The molecule has 0 saturated heterocycles. The minimum atomic E-state index is -0.453. The van der Waals surface area contributed by atoms with Crippen LogP contribution in [0.2, 0.25) is 0 Å². The zero-order chi connectivity index (χ0) is 40.3. The summed E-state index contributed by atoms with van der Waals surface area (Å²) in [5, 5.41) is 2.26. The van der Waals surface area contributed by atoms with Crippen LogP contribution in [0, 0.1) is 0 Å². The lowest BCUT2D eigenvalue weighted by molar-refractivity contribution is 0.569. The molecule has 0 aliphatic heterocycles. The average Bonchev–Trinajstić information content (AvgIpc) is 3.87. The van der Waals surface area contributed by atoms with Crippen molar-refractivity contribution in [2.45, 2.75) is 57.8 Å². The Labute approximate surface area is 347 Å². The number of benzene rings is 8. The largest absolute Gasteiger partial charge is 0.456 e. The molecule has 11 rings (SSSR count). The van der Waals surface area contributed by atoms with Gasteiger partial charge in [-0.15, -0.1) is 0 Å². The minimum absolute atomic E-state index is 0.0661. The number of hydrogen-bond donors (Lipinski definition) is 0. The molecule has 0 N–H and O–H groups in total. The quantitative estimate of drug-likeness (QED) is 0.178. The molecule has 8 aromatic carbocycles. The minimum Gasteiger partial charge on any atom is -0.456 e. The Morgan fingerprint density at radius 3 is 1.49 bits per heavy atom. The second kappa shape index (κ2) is 12.7. The molecular weight excluding hydrogens is 715 g/mol. The number of furan rings is 1. The van der Waals surface area contributed by atoms with Crippen molar-refractivity contribution in [3.8, 4) is 33.4 Å². The van der Waals surface area contributed by atoms with Gasteiger partial charge in [0.1, 0.15) is 11.2 Å². The molecule has 0 bridgehead atoms. The van der Waals surface area contributed by atoms with Crippen LogP contribution in [-0.2, 0) is 16.2 Å². The number of hydrogen-bond acceptors (Lipinski definition) is 2. The molecule has 0 unspecified atom stereocenters. The lowest BCUT2D eigenvalue weighted by Gasteiger charge is -2.34. The van der Waals surface area contributed by atoms with Crippen molar-refractivity contribution in [3.63, 3.8) is 0 Å². The smallest absolute Gasteiger partial charge is 0.136 e. The van der Waals surface area contributed by atoms with Gasteiger partial charge in [-0.3, -0.25) is 0 Å². The molecule has 0 saturated carbocycles. The van der Waals surface area contributed by atoms with Gasteiger partial charge in [0.15, 0.2) is 0 Å². The summed E-state index contributed by atoms with van der Waals surface area (Å²) < 4.78 is 6.47. The summed E-state index contributed by atoms with van der Waals surface area (Å²) in [6, 6.07) is 65.6. The van der Waals surface area contributed by atoms with Gasteiger partial charge < -0.3 is 9.32 Å². The summed E-state index contributed by atoms with van der Waals surface area (Å²) in [6.45, 7) is 14.0. The summed E-state index contributed by atoms with van der Waals surface area (Å²) in [7, 11) is 0. The third-order valence-electron chi connectivity index (χ3n) is 13.0. The molecule has 0 fully saturated rings. The summed E-state index contributed by atoms with van der Waals surface area (Å²) in [5.41, 5.74) is 20.1. The van der Waals surface area contributed by atoms with Gasteiger partial charge in [0.05, 0.1) is 11.1 Å². The van der Waals surface area contributed by atoms with Gasteiger partial charge in [-0.05, 0) is 114 Å². The van der Waals surface area contributed by atoms with E-state index in [1.807, 2.05) is 0 Å². The van der Waals surface area contributed by atoms with E-state index >= 15 is 0 Å². The lowest BCUT2D eigenvalue weighted by Crippen LogP contribution is -2.26. The van der Waals surface area contributed by atoms with Crippen LogP contribution in [0.25, 0.3) is 55.3 Å². The van der Waals surface area contributed by atoms with Crippen molar-refractivity contribution in [3.05, 3.63) is 209 Å². The third kappa shape index (κ3) is 5.18. The number of rotatable bonds is 4. The second-order valence-corrected chi connectivity index (χ2v) is 18.5. The van der Waals surface area contributed by atoms with Crippen molar-refractivity contribution >= 4 is 39.0 Å². The first-order valence-electron chi connectivity index (χ1n) is 20.9. The molecule has 286 valence electrons. The van der Waals surface area contributed by atoms with Crippen LogP contribution in [0.15, 0.2) is 180 Å². The molecule has 2 nitrogen and oxygen atoms in total. The Morgan fingerprint density at radius 2 is 0.881 bits per heavy atom. The van der Waals surface area contributed by atoms with E-state index in [1.54, 1.807) is 0 Å². The van der Waals surface area contributed by atoms with Gasteiger partial charge in [0.2, 0.25) is 0 Å². The molecule has 0 radical (unpaired) electrons. The topological polar surface area (TPSA) is 16.4 Å². The van der Waals surface area contributed by atoms with Gasteiger partial charge in [0, 0.05) is 27.7 Å². The Morgan fingerprint density at radius 1 is 0.390 bits per heavy atom. The predicted molar refractivity (Wildman–Crippen MR) is 248 cm³/mol. The first-order valence-corrected chi connectivity index (χ1v) is 20.9. The predicted octanol–water partition coefficient (Wildman–Crippen LogP) is 15.7. The van der Waals surface area contributed by atoms with Gasteiger partial charge >= 0.3 is 0 Å². The summed E-state index contributed by atoms with van der Waals surface area (Å²) in [6.07, 6.45) is 0. The van der Waals surface area contributed by atoms with Crippen LogP contribution < -0.4 is 4.90 Å². The normalized spacial score (nSPS) is 13.7. The van der Waals surface area contributed by atoms with Gasteiger partial charge in [-0.1, -0.05) is 175 Å². The van der Waals surface area contributed by atoms with E-state index in [0.29, 0.717) is 0 Å². The van der Waals surface area contributed by atoms with Gasteiger partial charge in [0.25, 0.3) is 0 Å². The zero-order valence-electron chi connectivity index (χ0n) is 34.6. The van der Waals surface area contributed by atoms with Crippen LogP contribution in [0.3, 0.4) is 0 Å². The monoisotopic (exact) mass is 761 g/mol. The van der Waals surface area contributed by atoms with Gasteiger partial charge in [-0.25, -0.2) is 0 Å². The van der Waals surface area contributed by atoms with E-state index < -0.39 is 5.41 Å². The molecule has 2 aliphatic rings. The molecule has 9 aromatic rings. The summed E-state index contributed by atoms with van der Waals surface area (Å²) in [4.78, 5) is 2.53. The van der Waals surface area contributed by atoms with E-state index in [-0.39, 0.29) is 10.8 Å². The van der Waals surface area contributed by atoms with E-state index in [2.05, 4.69) is 222 Å². The van der Waals surface area contributed by atoms with Crippen molar-refractivity contribution in [2.24, 2.45) is 0 Å². The molecule has 2 aliphatic carbocycles. The summed E-state index contributed by atoms with van der Waals surface area (Å²) >= 11 is 0. The summed E-state index contributed by atoms with van der Waals surface area (Å²) in [5.74, 6) is 0. The number of anilines is 3. The van der Waals surface area contributed by atoms with E-state index in [0.717, 1.165) is 50.1 Å². The van der Waals surface area contributed by atoms with Gasteiger partial charge in [-0.2, -0.15) is 0 Å². The fraction of sp³-hybridized carbons (Fsp3) is 0.158. The molecule has 59 heavy (non-hydrogen) atoms. The highest BCUT2D eigenvalue weighted by Gasteiger charge is 2.51. The maximum atomic E-state index is 6.47. The van der Waals surface area contributed by atoms with Crippen LogP contribution in [-0.4, -0.2) is 0 Å². The Balaban J connectivity index is 1.23. The van der Waals surface area contributed by atoms with Crippen molar-refractivity contribution < 1.29 is 4.42 Å². The molecule has 1 aromatic heterocycles. The fourth-order valence-electron chi connectivity index (χ4n) is 10.2. The molecule has 2 heteroatoms. The Kier molecular flexibility index (Phi) is 7.63. The number of fused-ring (bicyclic) bond motifs is 13.